The lowest BCUT2D eigenvalue weighted by Crippen LogP contribution is -2.33. The number of imidazole rings is 1. The summed E-state index contributed by atoms with van der Waals surface area (Å²) in [7, 11) is 4.24. The molecule has 0 atom stereocenters. The number of hydrogen-bond donors (Lipinski definition) is 0. The van der Waals surface area contributed by atoms with E-state index in [9.17, 15) is 0 Å². The van der Waals surface area contributed by atoms with Gasteiger partial charge in [-0.05, 0) is 18.2 Å². The highest BCUT2D eigenvalue weighted by Gasteiger charge is 2.34. The van der Waals surface area contributed by atoms with Crippen molar-refractivity contribution in [2.75, 3.05) is 0 Å². The zero-order valence-electron chi connectivity index (χ0n) is 11.9. The topological polar surface area (TPSA) is 39.5 Å². The van der Waals surface area contributed by atoms with Crippen LogP contribution in [0.1, 0.15) is 5.69 Å². The zero-order chi connectivity index (χ0) is 14.1. The second-order valence-electron chi connectivity index (χ2n) is 5.59. The minimum Gasteiger partial charge on any atom is -0.261 e. The van der Waals surface area contributed by atoms with Gasteiger partial charge in [-0.3, -0.25) is 19.1 Å². The molecule has 5 heterocycles. The maximum atomic E-state index is 4.52. The summed E-state index contributed by atoms with van der Waals surface area (Å²) in [5, 5.41) is 1.25. The Morgan fingerprint density at radius 2 is 2.05 bits per heavy atom. The molecule has 0 aromatic carbocycles. The van der Waals surface area contributed by atoms with Crippen molar-refractivity contribution < 1.29 is 4.57 Å². The average Bonchev–Trinajstić information content (AvgIpc) is 3.11. The van der Waals surface area contributed by atoms with Gasteiger partial charge in [-0.15, -0.1) is 0 Å². The number of hydrogen-bond acceptors (Lipinski definition) is 2. The molecule has 0 radical (unpaired) electrons. The van der Waals surface area contributed by atoms with Crippen LogP contribution in [0.2, 0.25) is 0 Å². The number of rotatable bonds is 0. The fourth-order valence-electron chi connectivity index (χ4n) is 3.67. The highest BCUT2D eigenvalue weighted by Crippen LogP contribution is 2.33. The van der Waals surface area contributed by atoms with Gasteiger partial charge >= 0.3 is 0 Å². The Morgan fingerprint density at radius 1 is 1.14 bits per heavy atom. The summed E-state index contributed by atoms with van der Waals surface area (Å²) in [6, 6.07) is 6.26. The van der Waals surface area contributed by atoms with Crippen LogP contribution >= 0.6 is 0 Å². The van der Waals surface area contributed by atoms with Crippen LogP contribution in [0, 0.1) is 0 Å². The van der Waals surface area contributed by atoms with E-state index in [0.29, 0.717) is 0 Å². The number of aromatic nitrogens is 5. The number of fused-ring (bicyclic) bond motifs is 7. The quantitative estimate of drug-likeness (QED) is 0.404. The highest BCUT2D eigenvalue weighted by molar-refractivity contribution is 6.04. The smallest absolute Gasteiger partial charge is 0.261 e. The van der Waals surface area contributed by atoms with Gasteiger partial charge in [-0.2, -0.15) is 0 Å². The van der Waals surface area contributed by atoms with Gasteiger partial charge in [0.25, 0.3) is 5.65 Å². The van der Waals surface area contributed by atoms with E-state index in [1.807, 2.05) is 24.7 Å². The van der Waals surface area contributed by atoms with Gasteiger partial charge in [0.15, 0.2) is 5.52 Å². The molecule has 0 unspecified atom stereocenters. The van der Waals surface area contributed by atoms with E-state index >= 15 is 0 Å². The summed E-state index contributed by atoms with van der Waals surface area (Å²) in [4.78, 5) is 8.78. The number of pyridine rings is 2. The Bertz CT molecular complexity index is 1040. The molecular formula is C16H14N5+. The van der Waals surface area contributed by atoms with E-state index in [-0.39, 0.29) is 0 Å². The molecule has 1 aliphatic rings. The van der Waals surface area contributed by atoms with E-state index in [0.717, 1.165) is 17.8 Å². The van der Waals surface area contributed by atoms with Crippen LogP contribution in [0.5, 0.6) is 0 Å². The molecule has 0 amide bonds. The Balaban J connectivity index is 2.02. The summed E-state index contributed by atoms with van der Waals surface area (Å²) in [5.74, 6) is 1.23. The summed E-state index contributed by atoms with van der Waals surface area (Å²) in [5.41, 5.74) is 6.04. The minimum atomic E-state index is 0.834. The molecule has 1 aliphatic heterocycles. The Morgan fingerprint density at radius 3 is 2.95 bits per heavy atom. The first-order chi connectivity index (χ1) is 10.3. The molecular weight excluding hydrogens is 262 g/mol. The van der Waals surface area contributed by atoms with Crippen molar-refractivity contribution in [3.8, 4) is 11.4 Å². The lowest BCUT2D eigenvalue weighted by molar-refractivity contribution is -0.649. The van der Waals surface area contributed by atoms with E-state index in [1.54, 1.807) is 0 Å². The average molecular weight is 276 g/mol. The predicted molar refractivity (Wildman–Crippen MR) is 79.7 cm³/mol. The molecule has 0 aliphatic carbocycles. The lowest BCUT2D eigenvalue weighted by atomic mass is 10.2. The Kier molecular flexibility index (Phi) is 1.83. The highest BCUT2D eigenvalue weighted by atomic mass is 15.2. The van der Waals surface area contributed by atoms with Gasteiger partial charge in [0.05, 0.1) is 36.9 Å². The number of nitrogens with zero attached hydrogens (tertiary/aromatic N) is 5. The van der Waals surface area contributed by atoms with Crippen LogP contribution in [0.4, 0.5) is 0 Å². The minimum absolute atomic E-state index is 0.834. The van der Waals surface area contributed by atoms with E-state index in [2.05, 4.69) is 49.9 Å². The molecule has 5 heteroatoms. The lowest BCUT2D eigenvalue weighted by Gasteiger charge is -1.97. The van der Waals surface area contributed by atoms with Crippen molar-refractivity contribution in [3.63, 3.8) is 0 Å². The van der Waals surface area contributed by atoms with Gasteiger partial charge in [0.1, 0.15) is 12.1 Å². The third-order valence-corrected chi connectivity index (χ3v) is 4.55. The van der Waals surface area contributed by atoms with Crippen molar-refractivity contribution in [1.29, 1.82) is 0 Å². The monoisotopic (exact) mass is 276 g/mol. The van der Waals surface area contributed by atoms with Gasteiger partial charge in [0, 0.05) is 12.4 Å². The second kappa shape index (κ2) is 3.49. The van der Waals surface area contributed by atoms with Crippen molar-refractivity contribution >= 4 is 22.1 Å². The summed E-state index contributed by atoms with van der Waals surface area (Å²) < 4.78 is 6.87. The molecule has 0 bridgehead atoms. The van der Waals surface area contributed by atoms with E-state index in [1.165, 1.54) is 27.9 Å². The van der Waals surface area contributed by atoms with Crippen LogP contribution in [-0.4, -0.2) is 19.1 Å². The molecule has 4 aromatic heterocycles. The fraction of sp³-hybridized carbons (Fsp3) is 0.188. The van der Waals surface area contributed by atoms with Crippen LogP contribution in [0.25, 0.3) is 33.5 Å². The van der Waals surface area contributed by atoms with Crippen molar-refractivity contribution in [1.82, 2.24) is 19.1 Å². The normalized spacial score (nSPS) is 13.0. The third kappa shape index (κ3) is 1.15. The Hall–Kier alpha value is -2.69. The van der Waals surface area contributed by atoms with Crippen molar-refractivity contribution in [2.24, 2.45) is 14.1 Å². The maximum absolute atomic E-state index is 4.52. The molecule has 0 saturated carbocycles. The van der Waals surface area contributed by atoms with Crippen LogP contribution in [0.15, 0.2) is 36.8 Å². The molecule has 0 spiro atoms. The molecule has 102 valence electrons. The van der Waals surface area contributed by atoms with E-state index < -0.39 is 0 Å². The first-order valence-corrected chi connectivity index (χ1v) is 7.02. The molecule has 0 fully saturated rings. The summed E-state index contributed by atoms with van der Waals surface area (Å²) >= 11 is 0. The fourth-order valence-corrected chi connectivity index (χ4v) is 3.67. The molecule has 0 saturated heterocycles. The molecule has 5 nitrogen and oxygen atoms in total. The zero-order valence-corrected chi connectivity index (χ0v) is 11.9. The molecule has 0 N–H and O–H groups in total. The van der Waals surface area contributed by atoms with Crippen LogP contribution in [0.3, 0.4) is 0 Å². The van der Waals surface area contributed by atoms with E-state index in [4.69, 9.17) is 0 Å². The predicted octanol–water partition coefficient (Wildman–Crippen LogP) is 1.78. The van der Waals surface area contributed by atoms with Gasteiger partial charge < -0.3 is 0 Å². The first-order valence-electron chi connectivity index (χ1n) is 7.02. The molecule has 5 rings (SSSR count). The van der Waals surface area contributed by atoms with Gasteiger partial charge in [-0.25, -0.2) is 4.57 Å². The summed E-state index contributed by atoms with van der Waals surface area (Å²) in [6.45, 7) is 0.834. The van der Waals surface area contributed by atoms with Gasteiger partial charge in [0.2, 0.25) is 5.82 Å². The maximum Gasteiger partial charge on any atom is 0.269 e. The van der Waals surface area contributed by atoms with Crippen LogP contribution in [-0.2, 0) is 20.6 Å². The third-order valence-electron chi connectivity index (χ3n) is 4.55. The van der Waals surface area contributed by atoms with Crippen LogP contribution < -0.4 is 4.57 Å². The van der Waals surface area contributed by atoms with Crippen molar-refractivity contribution in [3.05, 3.63) is 42.5 Å². The second-order valence-corrected chi connectivity index (χ2v) is 5.59. The summed E-state index contributed by atoms with van der Waals surface area (Å²) in [6.07, 6.45) is 5.66. The molecule has 21 heavy (non-hydrogen) atoms. The first kappa shape index (κ1) is 11.0. The largest absolute Gasteiger partial charge is 0.269 e. The Labute approximate surface area is 121 Å². The molecule has 4 aromatic rings. The van der Waals surface area contributed by atoms with Crippen molar-refractivity contribution in [2.45, 2.75) is 6.54 Å². The SMILES string of the molecule is Cn1c2[n+](c3c1c1ccncc1n3C)Cc1ncccc1-2. The number of aryl methyl sites for hydroxylation is 2. The standard InChI is InChI=1S/C16H14N5/c1-19-13-8-17-7-5-11(13)14-16(19)21-9-12-10(4-3-6-18-12)15(21)20(14)2/h3-8H,9H2,1-2H3/q+1. The van der Waals surface area contributed by atoms with Gasteiger partial charge in [-0.1, -0.05) is 0 Å².